The number of nitrogen functional groups attached to an aromatic ring is 1. The van der Waals surface area contributed by atoms with E-state index in [-0.39, 0.29) is 5.95 Å². The lowest BCUT2D eigenvalue weighted by molar-refractivity contribution is 0.146. The molecule has 1 fully saturated rings. The molecule has 0 spiro atoms. The zero-order valence-electron chi connectivity index (χ0n) is 21.9. The number of nitrogens with zero attached hydrogens (tertiary/aromatic N) is 6. The van der Waals surface area contributed by atoms with Crippen LogP contribution in [0.25, 0.3) is 28.5 Å². The van der Waals surface area contributed by atoms with Crippen LogP contribution in [0, 0.1) is 0 Å². The van der Waals surface area contributed by atoms with Crippen LogP contribution in [0.2, 0.25) is 0 Å². The van der Waals surface area contributed by atoms with Crippen LogP contribution in [0.1, 0.15) is 5.56 Å². The minimum Gasteiger partial charge on any atom is -0.491 e. The smallest absolute Gasteiger partial charge is 0.223 e. The summed E-state index contributed by atoms with van der Waals surface area (Å²) in [4.78, 5) is 14.2. The molecular formula is C29H31N7O3. The molecule has 1 saturated heterocycles. The van der Waals surface area contributed by atoms with Crippen LogP contribution in [0.5, 0.6) is 5.75 Å². The lowest BCUT2D eigenvalue weighted by Crippen LogP contribution is -2.46. The molecule has 1 aliphatic heterocycles. The van der Waals surface area contributed by atoms with Gasteiger partial charge in [0.1, 0.15) is 12.4 Å². The van der Waals surface area contributed by atoms with Crippen molar-refractivity contribution in [2.45, 2.75) is 6.54 Å². The third-order valence-corrected chi connectivity index (χ3v) is 6.91. The molecule has 200 valence electrons. The molecule has 10 heteroatoms. The van der Waals surface area contributed by atoms with Crippen LogP contribution >= 0.6 is 0 Å². The number of nitrogens with two attached hydrogens (primary N) is 1. The Morgan fingerprint density at radius 1 is 0.923 bits per heavy atom. The zero-order chi connectivity index (χ0) is 26.6. The van der Waals surface area contributed by atoms with Gasteiger partial charge in [0.15, 0.2) is 11.4 Å². The molecule has 3 aromatic heterocycles. The number of ether oxygens (including phenoxy) is 2. The number of rotatable bonds is 9. The summed E-state index contributed by atoms with van der Waals surface area (Å²) in [7, 11) is 1.67. The number of furan rings is 1. The van der Waals surface area contributed by atoms with Gasteiger partial charge >= 0.3 is 0 Å². The Balaban J connectivity index is 1.14. The molecule has 10 nitrogen and oxygen atoms in total. The molecule has 0 saturated carbocycles. The Morgan fingerprint density at radius 2 is 1.74 bits per heavy atom. The Kier molecular flexibility index (Phi) is 7.11. The molecule has 0 atom stereocenters. The topological polar surface area (TPSA) is 107 Å². The Hall–Kier alpha value is -4.41. The summed E-state index contributed by atoms with van der Waals surface area (Å²) < 4.78 is 17.7. The molecule has 2 aromatic carbocycles. The van der Waals surface area contributed by atoms with Crippen LogP contribution in [-0.4, -0.2) is 71.0 Å². The van der Waals surface area contributed by atoms with Gasteiger partial charge in [0, 0.05) is 57.2 Å². The first-order valence-electron chi connectivity index (χ1n) is 13.0. The highest BCUT2D eigenvalue weighted by Crippen LogP contribution is 2.27. The van der Waals surface area contributed by atoms with Gasteiger partial charge in [-0.1, -0.05) is 24.3 Å². The van der Waals surface area contributed by atoms with Crippen molar-refractivity contribution < 1.29 is 13.9 Å². The van der Waals surface area contributed by atoms with Gasteiger partial charge in [0.05, 0.1) is 18.6 Å². The fourth-order valence-electron chi connectivity index (χ4n) is 4.87. The van der Waals surface area contributed by atoms with Gasteiger partial charge in [-0.05, 0) is 42.0 Å². The summed E-state index contributed by atoms with van der Waals surface area (Å²) in [5, 5.41) is 4.46. The molecule has 39 heavy (non-hydrogen) atoms. The number of hydrogen-bond donors (Lipinski definition) is 1. The lowest BCUT2D eigenvalue weighted by Gasteiger charge is -2.36. The molecule has 0 aliphatic carbocycles. The second kappa shape index (κ2) is 11.1. The fraction of sp³-hybridized carbons (Fsp3) is 0.276. The summed E-state index contributed by atoms with van der Waals surface area (Å²) in [6, 6.07) is 22.2. The lowest BCUT2D eigenvalue weighted by atomic mass is 10.0. The van der Waals surface area contributed by atoms with Crippen LogP contribution in [0.3, 0.4) is 0 Å². The van der Waals surface area contributed by atoms with Gasteiger partial charge in [-0.15, -0.1) is 5.10 Å². The molecule has 2 N–H and O–H groups in total. The summed E-state index contributed by atoms with van der Waals surface area (Å²) in [5.41, 5.74) is 11.2. The maximum atomic E-state index is 6.29. The number of hydrogen-bond acceptors (Lipinski definition) is 9. The third-order valence-electron chi connectivity index (χ3n) is 6.91. The first kappa shape index (κ1) is 24.9. The maximum Gasteiger partial charge on any atom is 0.223 e. The van der Waals surface area contributed by atoms with E-state index in [4.69, 9.17) is 19.6 Å². The largest absolute Gasteiger partial charge is 0.491 e. The van der Waals surface area contributed by atoms with Gasteiger partial charge in [-0.2, -0.15) is 4.52 Å². The van der Waals surface area contributed by atoms with Crippen LogP contribution in [0.15, 0.2) is 77.4 Å². The van der Waals surface area contributed by atoms with E-state index in [1.54, 1.807) is 24.0 Å². The summed E-state index contributed by atoms with van der Waals surface area (Å²) in [5.74, 6) is 2.21. The fourth-order valence-corrected chi connectivity index (χ4v) is 4.87. The van der Waals surface area contributed by atoms with E-state index in [1.165, 1.54) is 11.3 Å². The number of methoxy groups -OCH3 is 1. The Labute approximate surface area is 226 Å². The van der Waals surface area contributed by atoms with E-state index in [1.807, 2.05) is 30.3 Å². The number of anilines is 2. The van der Waals surface area contributed by atoms with Gasteiger partial charge in [-0.25, -0.2) is 9.97 Å². The highest BCUT2D eigenvalue weighted by atomic mass is 16.5. The zero-order valence-corrected chi connectivity index (χ0v) is 21.9. The molecule has 5 aromatic rings. The van der Waals surface area contributed by atoms with E-state index in [9.17, 15) is 0 Å². The molecule has 0 radical (unpaired) electrons. The molecular weight excluding hydrogens is 494 g/mol. The van der Waals surface area contributed by atoms with Crippen LogP contribution in [0.4, 0.5) is 11.6 Å². The van der Waals surface area contributed by atoms with Crippen molar-refractivity contribution >= 4 is 17.3 Å². The summed E-state index contributed by atoms with van der Waals surface area (Å²) in [6.45, 7) is 5.80. The Bertz CT molecular complexity index is 1520. The predicted octanol–water partition coefficient (Wildman–Crippen LogP) is 3.98. The second-order valence-electron chi connectivity index (χ2n) is 9.44. The third kappa shape index (κ3) is 5.43. The van der Waals surface area contributed by atoms with Crippen molar-refractivity contribution in [2.75, 3.05) is 57.1 Å². The minimum atomic E-state index is 0.284. The van der Waals surface area contributed by atoms with Crippen molar-refractivity contribution in [1.29, 1.82) is 0 Å². The first-order chi connectivity index (χ1) is 19.2. The number of benzene rings is 2. The van der Waals surface area contributed by atoms with Gasteiger partial charge in [-0.3, -0.25) is 4.90 Å². The van der Waals surface area contributed by atoms with Crippen molar-refractivity contribution in [3.63, 3.8) is 0 Å². The van der Waals surface area contributed by atoms with E-state index in [0.29, 0.717) is 30.4 Å². The van der Waals surface area contributed by atoms with E-state index >= 15 is 0 Å². The van der Waals surface area contributed by atoms with E-state index in [2.05, 4.69) is 55.2 Å². The Morgan fingerprint density at radius 3 is 2.51 bits per heavy atom. The predicted molar refractivity (Wildman–Crippen MR) is 150 cm³/mol. The highest BCUT2D eigenvalue weighted by molar-refractivity contribution is 5.69. The molecule has 0 amide bonds. The number of fused-ring (bicyclic) bond motifs is 1. The monoisotopic (exact) mass is 525 g/mol. The van der Waals surface area contributed by atoms with Crippen molar-refractivity contribution in [3.8, 4) is 28.6 Å². The summed E-state index contributed by atoms with van der Waals surface area (Å²) in [6.07, 6.45) is 1.60. The standard InChI is InChI=1S/C29H31N7O3/c1-37-17-18-38-23-10-8-22(9-11-23)35-14-12-34(13-15-35)20-21-5-2-3-6-24(21)25-19-27-32-28(26-7-4-16-39-26)33-36(27)29(30)31-25/h2-11,16,19H,12-15,17-18,20H2,1H3,(H2,30,31). The number of aromatic nitrogens is 4. The van der Waals surface area contributed by atoms with Crippen molar-refractivity contribution in [2.24, 2.45) is 0 Å². The van der Waals surface area contributed by atoms with Crippen LogP contribution < -0.4 is 15.4 Å². The molecule has 0 unspecified atom stereocenters. The average Bonchev–Trinajstić information content (AvgIpc) is 3.65. The normalized spacial score (nSPS) is 14.2. The molecule has 6 rings (SSSR count). The van der Waals surface area contributed by atoms with Crippen molar-refractivity contribution in [1.82, 2.24) is 24.5 Å². The van der Waals surface area contributed by atoms with Crippen molar-refractivity contribution in [3.05, 3.63) is 78.6 Å². The number of piperazine rings is 1. The van der Waals surface area contributed by atoms with E-state index in [0.717, 1.165) is 49.7 Å². The molecule has 0 bridgehead atoms. The minimum absolute atomic E-state index is 0.284. The molecule has 1 aliphatic rings. The van der Waals surface area contributed by atoms with Crippen LogP contribution in [-0.2, 0) is 11.3 Å². The molecule has 4 heterocycles. The van der Waals surface area contributed by atoms with Gasteiger partial charge in [0.2, 0.25) is 11.8 Å². The highest BCUT2D eigenvalue weighted by Gasteiger charge is 2.20. The maximum absolute atomic E-state index is 6.29. The van der Waals surface area contributed by atoms with E-state index < -0.39 is 0 Å². The van der Waals surface area contributed by atoms with Gasteiger partial charge in [0.25, 0.3) is 0 Å². The summed E-state index contributed by atoms with van der Waals surface area (Å²) >= 11 is 0. The second-order valence-corrected chi connectivity index (χ2v) is 9.44. The first-order valence-corrected chi connectivity index (χ1v) is 13.0. The van der Waals surface area contributed by atoms with Gasteiger partial charge < -0.3 is 24.5 Å². The average molecular weight is 526 g/mol. The quantitative estimate of drug-likeness (QED) is 0.286. The SMILES string of the molecule is COCCOc1ccc(N2CCN(Cc3ccccc3-c3cc4nc(-c5ccco5)nn4c(N)n3)CC2)cc1.